The highest BCUT2D eigenvalue weighted by Gasteiger charge is 2.38. The van der Waals surface area contributed by atoms with Gasteiger partial charge in [-0.05, 0) is 31.5 Å². The van der Waals surface area contributed by atoms with Crippen LogP contribution in [0.3, 0.4) is 0 Å². The van der Waals surface area contributed by atoms with Crippen molar-refractivity contribution in [3.63, 3.8) is 0 Å². The van der Waals surface area contributed by atoms with Crippen LogP contribution in [0.25, 0.3) is 0 Å². The lowest BCUT2D eigenvalue weighted by atomic mass is 9.80. The van der Waals surface area contributed by atoms with Crippen molar-refractivity contribution in [2.45, 2.75) is 19.8 Å². The Morgan fingerprint density at radius 3 is 1.96 bits per heavy atom. The van der Waals surface area contributed by atoms with Crippen molar-refractivity contribution in [2.75, 3.05) is 13.2 Å². The smallest absolute Gasteiger partial charge is 0.337 e. The lowest BCUT2D eigenvalue weighted by Crippen LogP contribution is -2.32. The molecule has 0 fully saturated rings. The molecule has 1 heterocycles. The second kappa shape index (κ2) is 9.62. The SMILES string of the molecule is C=CCOC(=O)C1=C(C)NC(C)=C(C(=O)OCC=C)C1c1ccc(Cl)cc1Cl. The normalized spacial score (nSPS) is 14.4. The van der Waals surface area contributed by atoms with Crippen molar-refractivity contribution < 1.29 is 19.1 Å². The molecule has 0 radical (unpaired) electrons. The first kappa shape index (κ1) is 21.8. The number of nitrogens with one attached hydrogen (secondary N) is 1. The summed E-state index contributed by atoms with van der Waals surface area (Å²) in [6.07, 6.45) is 2.93. The van der Waals surface area contributed by atoms with E-state index in [-0.39, 0.29) is 24.4 Å². The molecule has 0 aliphatic carbocycles. The van der Waals surface area contributed by atoms with Gasteiger partial charge in [-0.1, -0.05) is 54.6 Å². The molecule has 28 heavy (non-hydrogen) atoms. The molecule has 1 aliphatic heterocycles. The summed E-state index contributed by atoms with van der Waals surface area (Å²) in [5.41, 5.74) is 2.19. The highest BCUT2D eigenvalue weighted by Crippen LogP contribution is 2.42. The molecule has 0 atom stereocenters. The number of rotatable bonds is 7. The van der Waals surface area contributed by atoms with Crippen molar-refractivity contribution in [1.29, 1.82) is 0 Å². The molecule has 5 nitrogen and oxygen atoms in total. The van der Waals surface area contributed by atoms with E-state index in [1.54, 1.807) is 32.0 Å². The number of ether oxygens (including phenoxy) is 2. The minimum Gasteiger partial charge on any atom is -0.458 e. The van der Waals surface area contributed by atoms with Crippen molar-refractivity contribution in [3.8, 4) is 0 Å². The number of dihydropyridines is 1. The Bertz CT molecular complexity index is 840. The number of carbonyl (C=O) groups excluding carboxylic acids is 2. The number of hydrogen-bond acceptors (Lipinski definition) is 5. The first-order valence-corrected chi connectivity index (χ1v) is 9.26. The van der Waals surface area contributed by atoms with E-state index in [9.17, 15) is 9.59 Å². The van der Waals surface area contributed by atoms with Gasteiger partial charge in [0.05, 0.1) is 17.1 Å². The Kier molecular flexibility index (Phi) is 7.49. The molecule has 2 rings (SSSR count). The van der Waals surface area contributed by atoms with Crippen LogP contribution < -0.4 is 5.32 Å². The number of esters is 2. The zero-order chi connectivity index (χ0) is 20.8. The van der Waals surface area contributed by atoms with Gasteiger partial charge in [-0.25, -0.2) is 9.59 Å². The van der Waals surface area contributed by atoms with E-state index in [1.165, 1.54) is 12.2 Å². The summed E-state index contributed by atoms with van der Waals surface area (Å²) in [4.78, 5) is 25.6. The van der Waals surface area contributed by atoms with E-state index in [0.717, 1.165) is 0 Å². The van der Waals surface area contributed by atoms with Crippen LogP contribution in [-0.2, 0) is 19.1 Å². The zero-order valence-corrected chi connectivity index (χ0v) is 17.2. The van der Waals surface area contributed by atoms with Crippen LogP contribution in [0.5, 0.6) is 0 Å². The van der Waals surface area contributed by atoms with Gasteiger partial charge in [0, 0.05) is 21.4 Å². The third-order valence-electron chi connectivity index (χ3n) is 4.14. The molecule has 1 aromatic rings. The molecule has 1 aliphatic rings. The van der Waals surface area contributed by atoms with Gasteiger partial charge in [-0.2, -0.15) is 0 Å². The second-order valence-electron chi connectivity index (χ2n) is 6.08. The van der Waals surface area contributed by atoms with Crippen molar-refractivity contribution in [2.24, 2.45) is 0 Å². The van der Waals surface area contributed by atoms with Gasteiger partial charge in [0.15, 0.2) is 0 Å². The maximum atomic E-state index is 12.8. The van der Waals surface area contributed by atoms with Crippen LogP contribution in [-0.4, -0.2) is 25.2 Å². The summed E-state index contributed by atoms with van der Waals surface area (Å²) in [7, 11) is 0. The summed E-state index contributed by atoms with van der Waals surface area (Å²) in [6.45, 7) is 10.6. The lowest BCUT2D eigenvalue weighted by molar-refractivity contribution is -0.138. The van der Waals surface area contributed by atoms with Gasteiger partial charge < -0.3 is 14.8 Å². The van der Waals surface area contributed by atoms with E-state index in [1.807, 2.05) is 0 Å². The fourth-order valence-electron chi connectivity index (χ4n) is 3.01. The van der Waals surface area contributed by atoms with Gasteiger partial charge >= 0.3 is 11.9 Å². The molecule has 0 saturated heterocycles. The minimum absolute atomic E-state index is 0.0373. The highest BCUT2D eigenvalue weighted by molar-refractivity contribution is 6.35. The quantitative estimate of drug-likeness (QED) is 0.510. The van der Waals surface area contributed by atoms with Crippen molar-refractivity contribution in [1.82, 2.24) is 5.32 Å². The van der Waals surface area contributed by atoms with Crippen molar-refractivity contribution in [3.05, 3.63) is 81.7 Å². The Labute approximate surface area is 174 Å². The van der Waals surface area contributed by atoms with Crippen LogP contribution in [0.4, 0.5) is 0 Å². The van der Waals surface area contributed by atoms with Gasteiger partial charge in [0.2, 0.25) is 0 Å². The Hall–Kier alpha value is -2.50. The van der Waals surface area contributed by atoms with E-state index < -0.39 is 17.9 Å². The first-order chi connectivity index (χ1) is 13.3. The topological polar surface area (TPSA) is 64.6 Å². The average molecular weight is 422 g/mol. The number of benzene rings is 1. The lowest BCUT2D eigenvalue weighted by Gasteiger charge is -2.31. The monoisotopic (exact) mass is 421 g/mol. The fourth-order valence-corrected chi connectivity index (χ4v) is 3.52. The molecule has 0 aromatic heterocycles. The number of allylic oxidation sites excluding steroid dienone is 2. The van der Waals surface area contributed by atoms with E-state index >= 15 is 0 Å². The predicted octanol–water partition coefficient (Wildman–Crippen LogP) is 4.69. The summed E-state index contributed by atoms with van der Waals surface area (Å²) < 4.78 is 10.5. The molecule has 7 heteroatoms. The fraction of sp³-hybridized carbons (Fsp3) is 0.238. The summed E-state index contributed by atoms with van der Waals surface area (Å²) in [6, 6.07) is 4.89. The largest absolute Gasteiger partial charge is 0.458 e. The minimum atomic E-state index is -0.777. The molecule has 0 bridgehead atoms. The third kappa shape index (κ3) is 4.66. The van der Waals surface area contributed by atoms with Crippen LogP contribution in [0.1, 0.15) is 25.3 Å². The number of carbonyl (C=O) groups is 2. The van der Waals surface area contributed by atoms with Gasteiger partial charge in [0.1, 0.15) is 13.2 Å². The summed E-state index contributed by atoms with van der Waals surface area (Å²) >= 11 is 12.4. The number of hydrogen-bond donors (Lipinski definition) is 1. The van der Waals surface area contributed by atoms with Gasteiger partial charge in [-0.15, -0.1) is 0 Å². The van der Waals surface area contributed by atoms with Crippen LogP contribution in [0.2, 0.25) is 10.0 Å². The van der Waals surface area contributed by atoms with E-state index in [0.29, 0.717) is 27.0 Å². The molecule has 1 aromatic carbocycles. The number of halogens is 2. The third-order valence-corrected chi connectivity index (χ3v) is 4.70. The van der Waals surface area contributed by atoms with Gasteiger partial charge in [-0.3, -0.25) is 0 Å². The Balaban J connectivity index is 2.64. The molecule has 0 amide bonds. The van der Waals surface area contributed by atoms with E-state index in [4.69, 9.17) is 32.7 Å². The van der Waals surface area contributed by atoms with Crippen molar-refractivity contribution >= 4 is 35.1 Å². The molecule has 0 spiro atoms. The summed E-state index contributed by atoms with van der Waals surface area (Å²) in [5, 5.41) is 3.82. The maximum absolute atomic E-state index is 12.8. The molecule has 148 valence electrons. The average Bonchev–Trinajstić information content (AvgIpc) is 2.63. The Morgan fingerprint density at radius 1 is 1.04 bits per heavy atom. The van der Waals surface area contributed by atoms with Crippen LogP contribution in [0, 0.1) is 0 Å². The molecular weight excluding hydrogens is 401 g/mol. The molecule has 0 unspecified atom stereocenters. The molecule has 1 N–H and O–H groups in total. The zero-order valence-electron chi connectivity index (χ0n) is 15.7. The molecule has 0 saturated carbocycles. The van der Waals surface area contributed by atoms with Gasteiger partial charge in [0.25, 0.3) is 0 Å². The maximum Gasteiger partial charge on any atom is 0.337 e. The standard InChI is InChI=1S/C21H21Cl2NO4/c1-5-9-27-20(25)17-12(3)24-13(4)18(21(26)28-10-6-2)19(17)15-8-7-14(22)11-16(15)23/h5-8,11,19,24H,1-2,9-10H2,3-4H3. The van der Waals surface area contributed by atoms with Crippen LogP contribution >= 0.6 is 23.2 Å². The Morgan fingerprint density at radius 2 is 1.54 bits per heavy atom. The van der Waals surface area contributed by atoms with Crippen LogP contribution in [0.15, 0.2) is 66.0 Å². The highest BCUT2D eigenvalue weighted by atomic mass is 35.5. The summed E-state index contributed by atoms with van der Waals surface area (Å²) in [5.74, 6) is -1.94. The first-order valence-electron chi connectivity index (χ1n) is 8.51. The van der Waals surface area contributed by atoms with E-state index in [2.05, 4.69) is 18.5 Å². The molecular formula is C21H21Cl2NO4. The predicted molar refractivity (Wildman–Crippen MR) is 110 cm³/mol. The second-order valence-corrected chi connectivity index (χ2v) is 6.92.